The van der Waals surface area contributed by atoms with E-state index >= 15 is 0 Å². The van der Waals surface area contributed by atoms with Crippen LogP contribution in [-0.4, -0.2) is 30.1 Å². The third-order valence-corrected chi connectivity index (χ3v) is 4.04. The van der Waals surface area contributed by atoms with Crippen LogP contribution in [0.5, 0.6) is 0 Å². The number of halogens is 3. The van der Waals surface area contributed by atoms with E-state index in [0.717, 1.165) is 5.75 Å². The molecule has 0 bridgehead atoms. The van der Waals surface area contributed by atoms with Crippen LogP contribution in [0.3, 0.4) is 0 Å². The van der Waals surface area contributed by atoms with Gasteiger partial charge in [0, 0.05) is 18.8 Å². The number of pyridine rings is 1. The maximum Gasteiger partial charge on any atom is 0.150 e. The fourth-order valence-electron chi connectivity index (χ4n) is 1.24. The van der Waals surface area contributed by atoms with Crippen molar-refractivity contribution in [1.29, 1.82) is 0 Å². The predicted molar refractivity (Wildman–Crippen MR) is 75.5 cm³/mol. The zero-order chi connectivity index (χ0) is 12.3. The molecule has 0 saturated heterocycles. The Balaban J connectivity index is 2.99. The van der Waals surface area contributed by atoms with Gasteiger partial charge in [0.05, 0.1) is 10.0 Å². The van der Waals surface area contributed by atoms with Crippen molar-refractivity contribution in [2.75, 3.05) is 24.0 Å². The van der Waals surface area contributed by atoms with Crippen LogP contribution >= 0.6 is 46.6 Å². The summed E-state index contributed by atoms with van der Waals surface area (Å²) >= 11 is 19.6. The number of hydrogen-bond donors (Lipinski definition) is 0. The fourth-order valence-corrected chi connectivity index (χ4v) is 2.58. The first kappa shape index (κ1) is 14.2. The lowest BCUT2D eigenvalue weighted by Crippen LogP contribution is -2.31. The summed E-state index contributed by atoms with van der Waals surface area (Å²) < 4.78 is 0. The predicted octanol–water partition coefficient (Wildman–Crippen LogP) is 4.23. The van der Waals surface area contributed by atoms with Crippen LogP contribution in [0.2, 0.25) is 15.2 Å². The van der Waals surface area contributed by atoms with E-state index in [0.29, 0.717) is 21.9 Å². The molecule has 0 saturated carbocycles. The Morgan fingerprint density at radius 2 is 2.00 bits per heavy atom. The molecule has 16 heavy (non-hydrogen) atoms. The van der Waals surface area contributed by atoms with Gasteiger partial charge in [0.15, 0.2) is 0 Å². The summed E-state index contributed by atoms with van der Waals surface area (Å²) in [5.74, 6) is 1.66. The van der Waals surface area contributed by atoms with E-state index < -0.39 is 0 Å². The molecule has 1 heterocycles. The summed E-state index contributed by atoms with van der Waals surface area (Å²) in [6.07, 6.45) is 2.06. The Labute approximate surface area is 115 Å². The Morgan fingerprint density at radius 1 is 1.38 bits per heavy atom. The lowest BCUT2D eigenvalue weighted by Gasteiger charge is -2.26. The summed E-state index contributed by atoms with van der Waals surface area (Å²) in [5, 5.41) is 1.18. The van der Waals surface area contributed by atoms with Gasteiger partial charge >= 0.3 is 0 Å². The molecular formula is C10H13Cl3N2S. The first-order valence-corrected chi connectivity index (χ1v) is 7.23. The van der Waals surface area contributed by atoms with Gasteiger partial charge in [-0.3, -0.25) is 0 Å². The molecule has 0 aliphatic heterocycles. The largest absolute Gasteiger partial charge is 0.355 e. The van der Waals surface area contributed by atoms with E-state index in [9.17, 15) is 0 Å². The zero-order valence-electron chi connectivity index (χ0n) is 9.30. The van der Waals surface area contributed by atoms with Crippen LogP contribution in [0.1, 0.15) is 6.92 Å². The lowest BCUT2D eigenvalue weighted by atomic mass is 10.3. The highest BCUT2D eigenvalue weighted by Gasteiger charge is 2.16. The van der Waals surface area contributed by atoms with E-state index in [1.807, 2.05) is 11.9 Å². The van der Waals surface area contributed by atoms with Crippen molar-refractivity contribution in [3.05, 3.63) is 21.3 Å². The van der Waals surface area contributed by atoms with Gasteiger partial charge in [0.25, 0.3) is 0 Å². The summed E-state index contributed by atoms with van der Waals surface area (Å²) in [4.78, 5) is 6.19. The van der Waals surface area contributed by atoms with Crippen LogP contribution in [-0.2, 0) is 0 Å². The molecule has 0 spiro atoms. The van der Waals surface area contributed by atoms with Gasteiger partial charge in [-0.1, -0.05) is 34.8 Å². The average Bonchev–Trinajstić information content (AvgIpc) is 2.23. The number of thioether (sulfide) groups is 1. The number of nitrogens with zero attached hydrogens (tertiary/aromatic N) is 2. The molecule has 6 heteroatoms. The molecule has 0 amide bonds. The standard InChI is InChI=1S/C10H13Cl3N2S/c1-6(5-16-3)15(2)10-8(12)4-7(11)9(13)14-10/h4,6H,5H2,1-3H3. The van der Waals surface area contributed by atoms with Crippen molar-refractivity contribution in [2.24, 2.45) is 0 Å². The van der Waals surface area contributed by atoms with Crippen molar-refractivity contribution in [1.82, 2.24) is 4.98 Å². The molecule has 0 aromatic carbocycles. The topological polar surface area (TPSA) is 16.1 Å². The molecule has 0 aliphatic rings. The fraction of sp³-hybridized carbons (Fsp3) is 0.500. The monoisotopic (exact) mass is 298 g/mol. The third kappa shape index (κ3) is 3.33. The quantitative estimate of drug-likeness (QED) is 0.774. The maximum atomic E-state index is 6.09. The van der Waals surface area contributed by atoms with Crippen LogP contribution < -0.4 is 4.90 Å². The molecule has 1 atom stereocenters. The Kier molecular flexibility index (Phi) is 5.51. The van der Waals surface area contributed by atoms with Gasteiger partial charge < -0.3 is 4.90 Å². The molecule has 1 aromatic heterocycles. The summed E-state index contributed by atoms with van der Waals surface area (Å²) in [7, 11) is 1.94. The van der Waals surface area contributed by atoms with Gasteiger partial charge in [-0.2, -0.15) is 11.8 Å². The molecule has 0 fully saturated rings. The Hall–Kier alpha value is 0.170. The molecule has 0 radical (unpaired) electrons. The van der Waals surface area contributed by atoms with Crippen molar-refractivity contribution in [2.45, 2.75) is 13.0 Å². The van der Waals surface area contributed by atoms with Gasteiger partial charge in [-0.05, 0) is 19.2 Å². The van der Waals surface area contributed by atoms with Crippen LogP contribution in [0, 0.1) is 0 Å². The van der Waals surface area contributed by atoms with Gasteiger partial charge in [-0.25, -0.2) is 4.98 Å². The first-order chi connectivity index (χ1) is 7.47. The number of hydrogen-bond acceptors (Lipinski definition) is 3. The highest BCUT2D eigenvalue weighted by atomic mass is 35.5. The normalized spacial score (nSPS) is 12.6. The highest BCUT2D eigenvalue weighted by molar-refractivity contribution is 7.98. The minimum absolute atomic E-state index is 0.282. The van der Waals surface area contributed by atoms with Crippen molar-refractivity contribution < 1.29 is 0 Å². The smallest absolute Gasteiger partial charge is 0.150 e. The van der Waals surface area contributed by atoms with Crippen molar-refractivity contribution >= 4 is 52.4 Å². The third-order valence-electron chi connectivity index (χ3n) is 2.27. The minimum Gasteiger partial charge on any atom is -0.355 e. The molecular weight excluding hydrogens is 287 g/mol. The van der Waals surface area contributed by atoms with E-state index in [4.69, 9.17) is 34.8 Å². The molecule has 90 valence electrons. The van der Waals surface area contributed by atoms with E-state index in [1.54, 1.807) is 17.8 Å². The van der Waals surface area contributed by atoms with E-state index in [1.165, 1.54) is 0 Å². The molecule has 1 rings (SSSR count). The molecule has 2 nitrogen and oxygen atoms in total. The van der Waals surface area contributed by atoms with Crippen LogP contribution in [0.25, 0.3) is 0 Å². The van der Waals surface area contributed by atoms with Crippen LogP contribution in [0.4, 0.5) is 5.82 Å². The van der Waals surface area contributed by atoms with Gasteiger partial charge in [-0.15, -0.1) is 0 Å². The second-order valence-corrected chi connectivity index (χ2v) is 5.56. The number of rotatable bonds is 4. The van der Waals surface area contributed by atoms with E-state index in [-0.39, 0.29) is 5.15 Å². The minimum atomic E-state index is 0.282. The molecule has 0 N–H and O–H groups in total. The van der Waals surface area contributed by atoms with Crippen molar-refractivity contribution in [3.8, 4) is 0 Å². The summed E-state index contributed by atoms with van der Waals surface area (Å²) in [5.41, 5.74) is 0. The second kappa shape index (κ2) is 6.20. The molecule has 1 aromatic rings. The number of anilines is 1. The van der Waals surface area contributed by atoms with Crippen LogP contribution in [0.15, 0.2) is 6.07 Å². The van der Waals surface area contributed by atoms with Gasteiger partial charge in [0.2, 0.25) is 0 Å². The second-order valence-electron chi connectivity index (χ2n) is 3.48. The SMILES string of the molecule is CSCC(C)N(C)c1nc(Cl)c(Cl)cc1Cl. The maximum absolute atomic E-state index is 6.09. The first-order valence-electron chi connectivity index (χ1n) is 4.70. The van der Waals surface area contributed by atoms with E-state index in [2.05, 4.69) is 18.2 Å². The Morgan fingerprint density at radius 3 is 2.56 bits per heavy atom. The summed E-state index contributed by atoms with van der Waals surface area (Å²) in [6.45, 7) is 2.11. The Bertz CT molecular complexity index is 373. The summed E-state index contributed by atoms with van der Waals surface area (Å²) in [6, 6.07) is 1.95. The molecule has 1 unspecified atom stereocenters. The lowest BCUT2D eigenvalue weighted by molar-refractivity contribution is 0.754. The number of aromatic nitrogens is 1. The average molecular weight is 300 g/mol. The van der Waals surface area contributed by atoms with Crippen molar-refractivity contribution in [3.63, 3.8) is 0 Å². The molecule has 0 aliphatic carbocycles. The zero-order valence-corrected chi connectivity index (χ0v) is 12.4. The highest BCUT2D eigenvalue weighted by Crippen LogP contribution is 2.31. The van der Waals surface area contributed by atoms with Gasteiger partial charge in [0.1, 0.15) is 11.0 Å².